The van der Waals surface area contributed by atoms with Crippen molar-refractivity contribution in [1.29, 1.82) is 0 Å². The second-order valence-electron chi connectivity index (χ2n) is 10.5. The topological polar surface area (TPSA) is 110 Å². The zero-order valence-corrected chi connectivity index (χ0v) is 21.4. The van der Waals surface area contributed by atoms with E-state index in [1.807, 2.05) is 32.8 Å². The van der Waals surface area contributed by atoms with Crippen LogP contribution in [-0.2, 0) is 19.2 Å². The summed E-state index contributed by atoms with van der Waals surface area (Å²) >= 11 is 1.50. The molecule has 0 aliphatic carbocycles. The van der Waals surface area contributed by atoms with Crippen LogP contribution in [0.1, 0.15) is 40.0 Å². The van der Waals surface area contributed by atoms with Gasteiger partial charge < -0.3 is 29.9 Å². The predicted molar refractivity (Wildman–Crippen MR) is 129 cm³/mol. The van der Waals surface area contributed by atoms with Crippen molar-refractivity contribution in [3.05, 3.63) is 10.6 Å². The fourth-order valence-electron chi connectivity index (χ4n) is 6.09. The van der Waals surface area contributed by atoms with E-state index in [0.717, 1.165) is 24.4 Å². The third-order valence-electron chi connectivity index (χ3n) is 7.90. The summed E-state index contributed by atoms with van der Waals surface area (Å²) in [5, 5.41) is 13.3. The summed E-state index contributed by atoms with van der Waals surface area (Å²) in [4.78, 5) is 56.0. The van der Waals surface area contributed by atoms with Gasteiger partial charge in [0.15, 0.2) is 0 Å². The molecule has 2 amide bonds. The number of likely N-dealkylation sites (tertiary alicyclic amines) is 1. The number of likely N-dealkylation sites (N-methyl/N-ethyl adjacent to an activating group) is 1. The van der Waals surface area contributed by atoms with Crippen molar-refractivity contribution in [2.45, 2.75) is 63.4 Å². The third-order valence-corrected chi connectivity index (χ3v) is 9.41. The Balaban J connectivity index is 1.42. The molecule has 0 aromatic rings. The molecule has 0 radical (unpaired) electrons. The Bertz CT molecular complexity index is 921. The van der Waals surface area contributed by atoms with Crippen molar-refractivity contribution in [2.75, 3.05) is 33.7 Å². The number of aliphatic carboxylic acids is 1. The number of rotatable bonds is 8. The van der Waals surface area contributed by atoms with Crippen molar-refractivity contribution < 1.29 is 24.3 Å². The highest BCUT2D eigenvalue weighted by Crippen LogP contribution is 2.53. The van der Waals surface area contributed by atoms with Crippen LogP contribution in [0, 0.1) is 17.8 Å². The van der Waals surface area contributed by atoms with Crippen molar-refractivity contribution >= 4 is 35.3 Å². The van der Waals surface area contributed by atoms with Gasteiger partial charge >= 0.3 is 5.97 Å². The zero-order chi connectivity index (χ0) is 24.9. The van der Waals surface area contributed by atoms with E-state index >= 15 is 0 Å². The normalized spacial score (nSPS) is 34.0. The molecule has 34 heavy (non-hydrogen) atoms. The maximum Gasteiger partial charge on any atom is 0.353 e. The molecule has 7 atom stereocenters. The average Bonchev–Trinajstić information content (AvgIpc) is 3.46. The highest BCUT2D eigenvalue weighted by atomic mass is 32.2. The number of nitrogens with one attached hydrogen (secondary N) is 1. The van der Waals surface area contributed by atoms with E-state index in [2.05, 4.69) is 10.2 Å². The maximum atomic E-state index is 13.0. The predicted octanol–water partition coefficient (Wildman–Crippen LogP) is 1.00. The van der Waals surface area contributed by atoms with E-state index in [9.17, 15) is 24.3 Å². The molecule has 3 saturated heterocycles. The number of carbonyl (C=O) groups is 4. The Kier molecular flexibility index (Phi) is 7.13. The van der Waals surface area contributed by atoms with E-state index < -0.39 is 5.97 Å². The Morgan fingerprint density at radius 3 is 2.59 bits per heavy atom. The molecule has 0 saturated carbocycles. The molecule has 4 heterocycles. The Morgan fingerprint density at radius 1 is 1.29 bits per heavy atom. The molecular weight excluding hydrogens is 456 g/mol. The maximum absolute atomic E-state index is 13.0. The van der Waals surface area contributed by atoms with Crippen molar-refractivity contribution in [3.63, 3.8) is 0 Å². The second-order valence-corrected chi connectivity index (χ2v) is 11.9. The smallest absolute Gasteiger partial charge is 0.353 e. The number of hydrogen-bond donors (Lipinski definition) is 2. The Hall–Kier alpha value is -1.91. The summed E-state index contributed by atoms with van der Waals surface area (Å²) in [7, 11) is 4.07. The van der Waals surface area contributed by atoms with Crippen LogP contribution in [-0.4, -0.2) is 100 Å². The number of thioether (sulfide) groups is 1. The van der Waals surface area contributed by atoms with Crippen molar-refractivity contribution in [3.8, 4) is 0 Å². The molecule has 0 bridgehead atoms. The van der Waals surface area contributed by atoms with Gasteiger partial charge in [0.05, 0.1) is 18.0 Å². The molecule has 4 aliphatic rings. The van der Waals surface area contributed by atoms with Gasteiger partial charge in [0, 0.05) is 48.2 Å². The first-order valence-corrected chi connectivity index (χ1v) is 13.0. The van der Waals surface area contributed by atoms with Crippen LogP contribution in [0.2, 0.25) is 0 Å². The lowest BCUT2D eigenvalue weighted by atomic mass is 9.73. The van der Waals surface area contributed by atoms with Gasteiger partial charge in [0.25, 0.3) is 0 Å². The quantitative estimate of drug-likeness (QED) is 0.483. The number of Topliss-reactive ketones (excluding diaryl/α,β-unsaturated/α-hetero) is 1. The molecule has 188 valence electrons. The van der Waals surface area contributed by atoms with E-state index in [1.54, 1.807) is 0 Å². The number of carboxylic acids is 1. The van der Waals surface area contributed by atoms with Crippen LogP contribution < -0.4 is 5.32 Å². The van der Waals surface area contributed by atoms with E-state index in [0.29, 0.717) is 25.4 Å². The first-order chi connectivity index (χ1) is 16.0. The molecule has 2 N–H and O–H groups in total. The van der Waals surface area contributed by atoms with Gasteiger partial charge in [-0.25, -0.2) is 4.79 Å². The van der Waals surface area contributed by atoms with Gasteiger partial charge in [-0.2, -0.15) is 0 Å². The number of fused-ring (bicyclic) bond motifs is 1. The fraction of sp³-hybridized carbons (Fsp3) is 0.750. The summed E-state index contributed by atoms with van der Waals surface area (Å²) in [6.45, 7) is 7.53. The van der Waals surface area contributed by atoms with Crippen molar-refractivity contribution in [2.24, 2.45) is 17.8 Å². The lowest BCUT2D eigenvalue weighted by Crippen LogP contribution is -2.62. The van der Waals surface area contributed by atoms with Crippen LogP contribution in [0.15, 0.2) is 10.6 Å². The van der Waals surface area contributed by atoms with Crippen LogP contribution in [0.4, 0.5) is 0 Å². The second kappa shape index (κ2) is 9.62. The summed E-state index contributed by atoms with van der Waals surface area (Å²) in [6, 6.07) is -0.0839. The molecule has 0 aromatic heterocycles. The number of carbonyl (C=O) groups excluding carboxylic acids is 3. The third kappa shape index (κ3) is 4.40. The van der Waals surface area contributed by atoms with Crippen LogP contribution >= 0.6 is 11.8 Å². The molecular formula is C24H36N4O5S. The molecule has 10 heteroatoms. The summed E-state index contributed by atoms with van der Waals surface area (Å²) < 4.78 is 0. The minimum absolute atomic E-state index is 0.0352. The zero-order valence-electron chi connectivity index (χ0n) is 20.6. The van der Waals surface area contributed by atoms with Crippen LogP contribution in [0.3, 0.4) is 0 Å². The summed E-state index contributed by atoms with van der Waals surface area (Å²) in [5.41, 5.74) is 0.0851. The molecule has 0 spiro atoms. The molecule has 0 unspecified atom stereocenters. The minimum Gasteiger partial charge on any atom is -0.477 e. The number of hydrogen-bond acceptors (Lipinski definition) is 7. The Labute approximate surface area is 205 Å². The first kappa shape index (κ1) is 25.2. The molecule has 4 rings (SSSR count). The highest BCUT2D eigenvalue weighted by molar-refractivity contribution is 8.03. The monoisotopic (exact) mass is 492 g/mol. The molecule has 9 nitrogen and oxygen atoms in total. The molecule has 4 aliphatic heterocycles. The first-order valence-electron chi connectivity index (χ1n) is 12.2. The van der Waals surface area contributed by atoms with Gasteiger partial charge in [0.1, 0.15) is 11.5 Å². The lowest BCUT2D eigenvalue weighted by Gasteiger charge is -2.47. The minimum atomic E-state index is -1.09. The summed E-state index contributed by atoms with van der Waals surface area (Å²) in [6.07, 6.45) is 1.93. The van der Waals surface area contributed by atoms with E-state index in [-0.39, 0.29) is 58.4 Å². The number of amides is 2. The highest BCUT2D eigenvalue weighted by Gasteiger charge is 2.60. The van der Waals surface area contributed by atoms with Crippen LogP contribution in [0.25, 0.3) is 0 Å². The van der Waals surface area contributed by atoms with Gasteiger partial charge in [-0.05, 0) is 39.8 Å². The number of nitrogens with zero attached hydrogens (tertiary/aromatic N) is 3. The largest absolute Gasteiger partial charge is 0.477 e. The van der Waals surface area contributed by atoms with Gasteiger partial charge in [-0.3, -0.25) is 9.59 Å². The fourth-order valence-corrected chi connectivity index (χ4v) is 7.57. The number of β-lactam (4-membered cyclic amide) rings is 1. The Morgan fingerprint density at radius 2 is 2.00 bits per heavy atom. The summed E-state index contributed by atoms with van der Waals surface area (Å²) in [5.74, 6) is -1.68. The molecule has 0 aromatic carbocycles. The van der Waals surface area contributed by atoms with Crippen LogP contribution in [0.5, 0.6) is 0 Å². The standard InChI is InChI=1S/C24H36N4O5S/c1-12(8-13(2)29)18-19-14(3)21(20(24(32)33)28(19)23(18)31)34-16-9-17(25-10-16)22(30)27-7-6-15(11-27)26(4)5/h12,14-19,25H,6-11H2,1-5H3,(H,32,33)/t12-,14+,15-,16-,17-,18+,19+/m0/s1. The van der Waals surface area contributed by atoms with E-state index in [4.69, 9.17) is 0 Å². The number of ketones is 1. The molecule has 3 fully saturated rings. The number of carboxylic acid groups (broad SMARTS) is 1. The van der Waals surface area contributed by atoms with Gasteiger partial charge in [-0.15, -0.1) is 11.8 Å². The van der Waals surface area contributed by atoms with Gasteiger partial charge in [0.2, 0.25) is 11.8 Å². The SMILES string of the molecule is CC(=O)C[C@H](C)[C@H]1C(=O)N2C(C(=O)O)=C(S[C@@H]3CN[C@H](C(=O)N4CC[C@H](N(C)C)C4)C3)[C@H](C)[C@H]12. The van der Waals surface area contributed by atoms with E-state index in [1.165, 1.54) is 23.6 Å². The van der Waals surface area contributed by atoms with Crippen molar-refractivity contribution in [1.82, 2.24) is 20.0 Å². The average molecular weight is 493 g/mol. The lowest BCUT2D eigenvalue weighted by molar-refractivity contribution is -0.160. The van der Waals surface area contributed by atoms with Gasteiger partial charge in [-0.1, -0.05) is 13.8 Å².